The van der Waals surface area contributed by atoms with E-state index in [-0.39, 0.29) is 0 Å². The van der Waals surface area contributed by atoms with Gasteiger partial charge in [-0.3, -0.25) is 0 Å². The Kier molecular flexibility index (Phi) is 2.69. The van der Waals surface area contributed by atoms with Gasteiger partial charge in [0.2, 0.25) is 0 Å². The molecule has 1 saturated carbocycles. The van der Waals surface area contributed by atoms with Gasteiger partial charge in [0.25, 0.3) is 0 Å². The van der Waals surface area contributed by atoms with E-state index in [1.54, 1.807) is 0 Å². The lowest BCUT2D eigenvalue weighted by Crippen LogP contribution is -2.08. The van der Waals surface area contributed by atoms with Crippen molar-refractivity contribution in [1.82, 2.24) is 4.98 Å². The molecule has 1 N–H and O–H groups in total. The lowest BCUT2D eigenvalue weighted by atomic mass is 9.85. The summed E-state index contributed by atoms with van der Waals surface area (Å²) in [6, 6.07) is 8.65. The second-order valence-electron chi connectivity index (χ2n) is 5.07. The molecule has 0 aliphatic heterocycles. The van der Waals surface area contributed by atoms with E-state index >= 15 is 0 Å². The summed E-state index contributed by atoms with van der Waals surface area (Å²) in [7, 11) is 0. The molecular weight excluding hydrogens is 194 g/mol. The first-order valence-electron chi connectivity index (χ1n) is 6.48. The minimum Gasteiger partial charge on any atom is -0.361 e. The van der Waals surface area contributed by atoms with E-state index in [4.69, 9.17) is 0 Å². The molecule has 1 fully saturated rings. The smallest absolute Gasteiger partial charge is 0.0456 e. The molecule has 0 radical (unpaired) electrons. The molecule has 1 aliphatic carbocycles. The number of nitrogens with one attached hydrogen (secondary N) is 1. The molecule has 1 aromatic heterocycles. The van der Waals surface area contributed by atoms with Crippen LogP contribution in [0.25, 0.3) is 10.9 Å². The van der Waals surface area contributed by atoms with Crippen molar-refractivity contribution < 1.29 is 0 Å². The quantitative estimate of drug-likeness (QED) is 0.766. The van der Waals surface area contributed by atoms with Gasteiger partial charge in [0.05, 0.1) is 0 Å². The van der Waals surface area contributed by atoms with Crippen molar-refractivity contribution in [2.45, 2.75) is 38.5 Å². The zero-order valence-corrected chi connectivity index (χ0v) is 9.71. The molecule has 84 valence electrons. The number of aromatic nitrogens is 1. The summed E-state index contributed by atoms with van der Waals surface area (Å²) in [6.07, 6.45) is 10.7. The van der Waals surface area contributed by atoms with Crippen molar-refractivity contribution in [3.05, 3.63) is 36.0 Å². The molecule has 3 rings (SSSR count). The molecule has 0 amide bonds. The average molecular weight is 213 g/mol. The molecule has 0 spiro atoms. The van der Waals surface area contributed by atoms with Crippen LogP contribution < -0.4 is 0 Å². The number of aromatic amines is 1. The SMILES string of the molecule is c1ccc2c(CC3CCCCC3)c[nH]c2c1. The van der Waals surface area contributed by atoms with E-state index in [0.717, 1.165) is 5.92 Å². The Labute approximate surface area is 96.9 Å². The van der Waals surface area contributed by atoms with E-state index in [1.807, 2.05) is 0 Å². The van der Waals surface area contributed by atoms with E-state index in [9.17, 15) is 0 Å². The highest BCUT2D eigenvalue weighted by Crippen LogP contribution is 2.29. The summed E-state index contributed by atoms with van der Waals surface area (Å²) < 4.78 is 0. The Balaban J connectivity index is 1.83. The summed E-state index contributed by atoms with van der Waals surface area (Å²) in [5, 5.41) is 1.42. The predicted molar refractivity (Wildman–Crippen MR) is 68.6 cm³/mol. The number of H-pyrrole nitrogens is 1. The van der Waals surface area contributed by atoms with Crippen LogP contribution in [0.1, 0.15) is 37.7 Å². The van der Waals surface area contributed by atoms with Crippen LogP contribution >= 0.6 is 0 Å². The maximum Gasteiger partial charge on any atom is 0.0456 e. The summed E-state index contributed by atoms with van der Waals surface area (Å²) in [5.74, 6) is 0.924. The zero-order valence-electron chi connectivity index (χ0n) is 9.71. The Morgan fingerprint density at radius 2 is 1.88 bits per heavy atom. The van der Waals surface area contributed by atoms with Crippen molar-refractivity contribution >= 4 is 10.9 Å². The van der Waals surface area contributed by atoms with Crippen LogP contribution in [0.5, 0.6) is 0 Å². The molecule has 2 aromatic rings. The molecule has 0 bridgehead atoms. The Bertz CT molecular complexity index is 463. The molecule has 1 nitrogen and oxygen atoms in total. The monoisotopic (exact) mass is 213 g/mol. The first-order chi connectivity index (χ1) is 7.93. The lowest BCUT2D eigenvalue weighted by molar-refractivity contribution is 0.357. The fourth-order valence-corrected chi connectivity index (χ4v) is 3.00. The van der Waals surface area contributed by atoms with Crippen molar-refractivity contribution in [3.8, 4) is 0 Å². The molecule has 1 aliphatic rings. The number of hydrogen-bond donors (Lipinski definition) is 1. The number of para-hydroxylation sites is 1. The molecule has 0 saturated heterocycles. The van der Waals surface area contributed by atoms with Crippen LogP contribution in [0.2, 0.25) is 0 Å². The van der Waals surface area contributed by atoms with Gasteiger partial charge in [0.1, 0.15) is 0 Å². The Morgan fingerprint density at radius 3 is 2.75 bits per heavy atom. The third kappa shape index (κ3) is 1.87. The van der Waals surface area contributed by atoms with Crippen molar-refractivity contribution in [2.75, 3.05) is 0 Å². The minimum atomic E-state index is 0.924. The van der Waals surface area contributed by atoms with Gasteiger partial charge in [0, 0.05) is 17.1 Å². The average Bonchev–Trinajstić information content (AvgIpc) is 2.74. The maximum atomic E-state index is 3.38. The van der Waals surface area contributed by atoms with Crippen LogP contribution in [0.3, 0.4) is 0 Å². The van der Waals surface area contributed by atoms with E-state index in [2.05, 4.69) is 35.4 Å². The molecule has 0 atom stereocenters. The largest absolute Gasteiger partial charge is 0.361 e. The van der Waals surface area contributed by atoms with Crippen LogP contribution in [0.4, 0.5) is 0 Å². The summed E-state index contributed by atoms with van der Waals surface area (Å²) in [5.41, 5.74) is 2.80. The van der Waals surface area contributed by atoms with Crippen molar-refractivity contribution in [2.24, 2.45) is 5.92 Å². The molecule has 0 unspecified atom stereocenters. The highest BCUT2D eigenvalue weighted by Gasteiger charge is 2.15. The maximum absolute atomic E-state index is 3.38. The highest BCUT2D eigenvalue weighted by atomic mass is 14.7. The topological polar surface area (TPSA) is 15.8 Å². The predicted octanol–water partition coefficient (Wildman–Crippen LogP) is 4.29. The molecule has 1 heteroatoms. The third-order valence-corrected chi connectivity index (χ3v) is 3.91. The summed E-state index contributed by atoms with van der Waals surface area (Å²) in [6.45, 7) is 0. The van der Waals surface area contributed by atoms with Gasteiger partial charge in [-0.05, 0) is 24.0 Å². The van der Waals surface area contributed by atoms with Crippen LogP contribution in [0.15, 0.2) is 30.5 Å². The van der Waals surface area contributed by atoms with Crippen molar-refractivity contribution in [1.29, 1.82) is 0 Å². The molecule has 16 heavy (non-hydrogen) atoms. The fraction of sp³-hybridized carbons (Fsp3) is 0.467. The summed E-state index contributed by atoms with van der Waals surface area (Å²) in [4.78, 5) is 3.38. The number of hydrogen-bond acceptors (Lipinski definition) is 0. The molecule has 1 heterocycles. The van der Waals surface area contributed by atoms with Gasteiger partial charge in [-0.25, -0.2) is 0 Å². The van der Waals surface area contributed by atoms with Gasteiger partial charge in [-0.2, -0.15) is 0 Å². The van der Waals surface area contributed by atoms with Gasteiger partial charge in [-0.15, -0.1) is 0 Å². The number of fused-ring (bicyclic) bond motifs is 1. The number of rotatable bonds is 2. The summed E-state index contributed by atoms with van der Waals surface area (Å²) >= 11 is 0. The molecular formula is C15H19N. The van der Waals surface area contributed by atoms with Gasteiger partial charge < -0.3 is 4.98 Å². The van der Waals surface area contributed by atoms with Crippen LogP contribution in [0, 0.1) is 5.92 Å². The van der Waals surface area contributed by atoms with Gasteiger partial charge in [0.15, 0.2) is 0 Å². The second-order valence-corrected chi connectivity index (χ2v) is 5.07. The minimum absolute atomic E-state index is 0.924. The van der Waals surface area contributed by atoms with E-state index in [0.29, 0.717) is 0 Å². The fourth-order valence-electron chi connectivity index (χ4n) is 3.00. The third-order valence-electron chi connectivity index (χ3n) is 3.91. The zero-order chi connectivity index (χ0) is 10.8. The number of benzene rings is 1. The highest BCUT2D eigenvalue weighted by molar-refractivity contribution is 5.83. The van der Waals surface area contributed by atoms with Crippen LogP contribution in [-0.4, -0.2) is 4.98 Å². The van der Waals surface area contributed by atoms with Crippen LogP contribution in [-0.2, 0) is 6.42 Å². The Morgan fingerprint density at radius 1 is 1.06 bits per heavy atom. The standard InChI is InChI=1S/C15H19N/c1-2-6-12(7-3-1)10-13-11-16-15-9-5-4-8-14(13)15/h4-5,8-9,11-12,16H,1-3,6-7,10H2. The van der Waals surface area contributed by atoms with Gasteiger partial charge >= 0.3 is 0 Å². The second kappa shape index (κ2) is 4.32. The normalized spacial score (nSPS) is 18.0. The first kappa shape index (κ1) is 9.95. The van der Waals surface area contributed by atoms with E-state index in [1.165, 1.54) is 55.0 Å². The van der Waals surface area contributed by atoms with E-state index < -0.39 is 0 Å². The first-order valence-corrected chi connectivity index (χ1v) is 6.48. The molecule has 1 aromatic carbocycles. The Hall–Kier alpha value is -1.24. The lowest BCUT2D eigenvalue weighted by Gasteiger charge is -2.21. The van der Waals surface area contributed by atoms with Gasteiger partial charge in [-0.1, -0.05) is 50.3 Å². The van der Waals surface area contributed by atoms with Crippen molar-refractivity contribution in [3.63, 3.8) is 0 Å².